The van der Waals surface area contributed by atoms with Gasteiger partial charge in [0.15, 0.2) is 21.6 Å². The molecule has 0 saturated carbocycles. The quantitative estimate of drug-likeness (QED) is 0.501. The van der Waals surface area contributed by atoms with Gasteiger partial charge < -0.3 is 10.2 Å². The number of carbonyl (C=O) groups excluding carboxylic acids is 1. The van der Waals surface area contributed by atoms with E-state index in [9.17, 15) is 15.0 Å². The van der Waals surface area contributed by atoms with Crippen LogP contribution in [0.1, 0.15) is 23.1 Å². The Balaban J connectivity index is 1.99. The normalized spacial score (nSPS) is 10.6. The van der Waals surface area contributed by atoms with Crippen molar-refractivity contribution in [2.24, 2.45) is 0 Å². The predicted molar refractivity (Wildman–Crippen MR) is 74.1 cm³/mol. The molecule has 0 saturated heterocycles. The van der Waals surface area contributed by atoms with Gasteiger partial charge in [-0.2, -0.15) is 4.37 Å². The highest BCUT2D eigenvalue weighted by Crippen LogP contribution is 2.26. The second kappa shape index (κ2) is 6.03. The molecule has 0 amide bonds. The van der Waals surface area contributed by atoms with Crippen molar-refractivity contribution in [3.05, 3.63) is 29.6 Å². The van der Waals surface area contributed by atoms with Crippen LogP contribution in [0.5, 0.6) is 11.5 Å². The number of aryl methyl sites for hydroxylation is 1. The fourth-order valence-electron chi connectivity index (χ4n) is 1.35. The van der Waals surface area contributed by atoms with Crippen molar-refractivity contribution in [3.63, 3.8) is 0 Å². The molecule has 5 nitrogen and oxygen atoms in total. The summed E-state index contributed by atoms with van der Waals surface area (Å²) in [6.45, 7) is 1.97. The summed E-state index contributed by atoms with van der Waals surface area (Å²) in [4.78, 5) is 16.2. The number of thioether (sulfide) groups is 1. The number of ketones is 1. The second-order valence-corrected chi connectivity index (χ2v) is 5.72. The zero-order chi connectivity index (χ0) is 13.8. The summed E-state index contributed by atoms with van der Waals surface area (Å²) in [6.07, 6.45) is 0.775. The van der Waals surface area contributed by atoms with Crippen molar-refractivity contribution >= 4 is 29.1 Å². The molecule has 2 N–H and O–H groups in total. The zero-order valence-electron chi connectivity index (χ0n) is 10.2. The van der Waals surface area contributed by atoms with Crippen LogP contribution < -0.4 is 0 Å². The van der Waals surface area contributed by atoms with Gasteiger partial charge in [0.05, 0.1) is 5.75 Å². The molecule has 1 aromatic heterocycles. The summed E-state index contributed by atoms with van der Waals surface area (Å²) < 4.78 is 4.89. The summed E-state index contributed by atoms with van der Waals surface area (Å²) in [6, 6.07) is 4.04. The molecule has 2 rings (SSSR count). The first-order valence-electron chi connectivity index (χ1n) is 5.60. The standard InChI is InChI=1S/C12H12N2O3S2/c1-2-11-13-12(19-14-11)18-6-10(17)7-3-4-8(15)9(16)5-7/h3-5,15-16H,2,6H2,1H3. The molecule has 0 radical (unpaired) electrons. The maximum atomic E-state index is 11.9. The van der Waals surface area contributed by atoms with Crippen LogP contribution in [0.2, 0.25) is 0 Å². The number of carbonyl (C=O) groups is 1. The van der Waals surface area contributed by atoms with Gasteiger partial charge in [-0.05, 0) is 29.7 Å². The molecule has 100 valence electrons. The largest absolute Gasteiger partial charge is 0.504 e. The smallest absolute Gasteiger partial charge is 0.173 e. The van der Waals surface area contributed by atoms with E-state index in [-0.39, 0.29) is 23.0 Å². The number of rotatable bonds is 5. The van der Waals surface area contributed by atoms with Gasteiger partial charge in [0, 0.05) is 12.0 Å². The number of benzene rings is 1. The summed E-state index contributed by atoms with van der Waals surface area (Å²) in [5, 5.41) is 18.5. The van der Waals surface area contributed by atoms with Crippen LogP contribution in [0.4, 0.5) is 0 Å². The Labute approximate surface area is 118 Å². The van der Waals surface area contributed by atoms with Gasteiger partial charge in [-0.25, -0.2) is 4.98 Å². The molecule has 0 aliphatic rings. The average molecular weight is 296 g/mol. The average Bonchev–Trinajstić information content (AvgIpc) is 2.87. The van der Waals surface area contributed by atoms with Gasteiger partial charge in [0.1, 0.15) is 5.82 Å². The third-order valence-corrected chi connectivity index (χ3v) is 4.26. The van der Waals surface area contributed by atoms with Crippen LogP contribution in [0.3, 0.4) is 0 Å². The highest BCUT2D eigenvalue weighted by molar-refractivity contribution is 8.01. The van der Waals surface area contributed by atoms with E-state index in [2.05, 4.69) is 9.36 Å². The number of aromatic nitrogens is 2. The molecular weight excluding hydrogens is 284 g/mol. The number of phenolic OH excluding ortho intramolecular Hbond substituents is 2. The Hall–Kier alpha value is -1.60. The number of hydrogen-bond donors (Lipinski definition) is 2. The molecule has 0 atom stereocenters. The van der Waals surface area contributed by atoms with Crippen LogP contribution in [-0.2, 0) is 6.42 Å². The fourth-order valence-corrected chi connectivity index (χ4v) is 2.94. The van der Waals surface area contributed by atoms with E-state index in [1.807, 2.05) is 6.92 Å². The second-order valence-electron chi connectivity index (χ2n) is 3.75. The van der Waals surface area contributed by atoms with Crippen molar-refractivity contribution in [2.45, 2.75) is 17.7 Å². The fraction of sp³-hybridized carbons (Fsp3) is 0.250. The molecule has 1 heterocycles. The van der Waals surface area contributed by atoms with E-state index in [0.29, 0.717) is 5.56 Å². The van der Waals surface area contributed by atoms with Crippen LogP contribution in [0, 0.1) is 0 Å². The molecule has 1 aromatic carbocycles. The molecule has 7 heteroatoms. The number of aromatic hydroxyl groups is 2. The Morgan fingerprint density at radius 2 is 2.16 bits per heavy atom. The molecule has 0 aliphatic carbocycles. The van der Waals surface area contributed by atoms with Crippen LogP contribution >= 0.6 is 23.3 Å². The van der Waals surface area contributed by atoms with Gasteiger partial charge in [-0.3, -0.25) is 4.79 Å². The highest BCUT2D eigenvalue weighted by Gasteiger charge is 2.11. The van der Waals surface area contributed by atoms with Crippen molar-refractivity contribution in [1.82, 2.24) is 9.36 Å². The molecule has 0 fully saturated rings. The van der Waals surface area contributed by atoms with Gasteiger partial charge in [0.25, 0.3) is 0 Å². The van der Waals surface area contributed by atoms with Crippen molar-refractivity contribution in [2.75, 3.05) is 5.75 Å². The Morgan fingerprint density at radius 1 is 1.37 bits per heavy atom. The topological polar surface area (TPSA) is 83.3 Å². The van der Waals surface area contributed by atoms with E-state index >= 15 is 0 Å². The first-order valence-corrected chi connectivity index (χ1v) is 7.36. The maximum Gasteiger partial charge on any atom is 0.173 e. The highest BCUT2D eigenvalue weighted by atomic mass is 32.2. The zero-order valence-corrected chi connectivity index (χ0v) is 11.8. The number of hydrogen-bond acceptors (Lipinski definition) is 7. The Bertz CT molecular complexity index is 598. The van der Waals surface area contributed by atoms with E-state index in [4.69, 9.17) is 0 Å². The van der Waals surface area contributed by atoms with Crippen molar-refractivity contribution in [1.29, 1.82) is 0 Å². The minimum Gasteiger partial charge on any atom is -0.504 e. The van der Waals surface area contributed by atoms with E-state index in [0.717, 1.165) is 16.6 Å². The van der Waals surface area contributed by atoms with Crippen LogP contribution in [0.15, 0.2) is 22.5 Å². The van der Waals surface area contributed by atoms with Crippen LogP contribution in [0.25, 0.3) is 0 Å². The molecule has 19 heavy (non-hydrogen) atoms. The lowest BCUT2D eigenvalue weighted by Crippen LogP contribution is -2.01. The Kier molecular flexibility index (Phi) is 4.39. The van der Waals surface area contributed by atoms with E-state index in [1.165, 1.54) is 41.5 Å². The SMILES string of the molecule is CCc1nsc(SCC(=O)c2ccc(O)c(O)c2)n1. The van der Waals surface area contributed by atoms with E-state index < -0.39 is 0 Å². The summed E-state index contributed by atoms with van der Waals surface area (Å²) in [5.74, 6) is 0.347. The van der Waals surface area contributed by atoms with Gasteiger partial charge in [0.2, 0.25) is 0 Å². The molecule has 0 unspecified atom stereocenters. The Morgan fingerprint density at radius 3 is 2.79 bits per heavy atom. The third-order valence-electron chi connectivity index (χ3n) is 2.39. The minimum absolute atomic E-state index is 0.131. The summed E-state index contributed by atoms with van der Waals surface area (Å²) in [7, 11) is 0. The monoisotopic (exact) mass is 296 g/mol. The predicted octanol–water partition coefficient (Wildman–Crippen LogP) is 2.49. The van der Waals surface area contributed by atoms with Crippen molar-refractivity contribution in [3.8, 4) is 11.5 Å². The maximum absolute atomic E-state index is 11.9. The van der Waals surface area contributed by atoms with Gasteiger partial charge in [-0.15, -0.1) is 0 Å². The van der Waals surface area contributed by atoms with Crippen molar-refractivity contribution < 1.29 is 15.0 Å². The number of nitrogens with zero attached hydrogens (tertiary/aromatic N) is 2. The molecular formula is C12H12N2O3S2. The first-order chi connectivity index (χ1) is 9.10. The lowest BCUT2D eigenvalue weighted by Gasteiger charge is -2.01. The lowest BCUT2D eigenvalue weighted by molar-refractivity contribution is 0.102. The van der Waals surface area contributed by atoms with Gasteiger partial charge in [-0.1, -0.05) is 18.7 Å². The molecule has 0 spiro atoms. The molecule has 0 bridgehead atoms. The lowest BCUT2D eigenvalue weighted by atomic mass is 10.1. The first kappa shape index (κ1) is 13.8. The third kappa shape index (κ3) is 3.45. The molecule has 0 aliphatic heterocycles. The van der Waals surface area contributed by atoms with E-state index in [1.54, 1.807) is 0 Å². The molecule has 2 aromatic rings. The summed E-state index contributed by atoms with van der Waals surface area (Å²) in [5.41, 5.74) is 0.364. The summed E-state index contributed by atoms with van der Waals surface area (Å²) >= 11 is 2.60. The number of phenols is 2. The number of Topliss-reactive ketones (excluding diaryl/α,β-unsaturated/α-hetero) is 1. The minimum atomic E-state index is -0.292. The van der Waals surface area contributed by atoms with Gasteiger partial charge >= 0.3 is 0 Å². The van der Waals surface area contributed by atoms with Crippen LogP contribution in [-0.4, -0.2) is 31.1 Å².